The van der Waals surface area contributed by atoms with Gasteiger partial charge in [-0.3, -0.25) is 4.79 Å². The van der Waals surface area contributed by atoms with E-state index in [2.05, 4.69) is 0 Å². The van der Waals surface area contributed by atoms with Crippen molar-refractivity contribution >= 4 is 5.78 Å². The van der Waals surface area contributed by atoms with Crippen LogP contribution in [0.1, 0.15) is 64.2 Å². The smallest absolute Gasteiger partial charge is 0.139 e. The predicted molar refractivity (Wildman–Crippen MR) is 53.6 cm³/mol. The first-order valence-corrected chi connectivity index (χ1v) is 5.87. The van der Waals surface area contributed by atoms with Gasteiger partial charge >= 0.3 is 0 Å². The Morgan fingerprint density at radius 3 is 1.92 bits per heavy atom. The second-order valence-electron chi connectivity index (χ2n) is 4.82. The zero-order valence-electron chi connectivity index (χ0n) is 8.48. The van der Waals surface area contributed by atoms with Crippen molar-refractivity contribution in [2.24, 2.45) is 5.41 Å². The molecule has 1 heteroatoms. The fourth-order valence-corrected chi connectivity index (χ4v) is 3.09. The van der Waals surface area contributed by atoms with Crippen molar-refractivity contribution in [1.82, 2.24) is 0 Å². The summed E-state index contributed by atoms with van der Waals surface area (Å²) in [5.74, 6) is 0.598. The Bertz CT molecular complexity index is 187. The summed E-state index contributed by atoms with van der Waals surface area (Å²) in [5.41, 5.74) is 0.161. The average molecular weight is 180 g/mol. The van der Waals surface area contributed by atoms with Gasteiger partial charge in [-0.25, -0.2) is 0 Å². The van der Waals surface area contributed by atoms with Crippen LogP contribution in [0.3, 0.4) is 0 Å². The van der Waals surface area contributed by atoms with Gasteiger partial charge < -0.3 is 0 Å². The van der Waals surface area contributed by atoms with Crippen LogP contribution in [0.15, 0.2) is 0 Å². The minimum absolute atomic E-state index is 0.161. The van der Waals surface area contributed by atoms with Gasteiger partial charge in [-0.05, 0) is 25.7 Å². The molecule has 0 heterocycles. The normalized spacial score (nSPS) is 28.8. The number of carbonyl (C=O) groups is 1. The van der Waals surface area contributed by atoms with Crippen molar-refractivity contribution in [3.05, 3.63) is 0 Å². The Labute approximate surface area is 80.9 Å². The number of hydrogen-bond donors (Lipinski definition) is 0. The van der Waals surface area contributed by atoms with Crippen LogP contribution in [0, 0.1) is 5.41 Å². The lowest BCUT2D eigenvalue weighted by molar-refractivity contribution is -0.132. The van der Waals surface area contributed by atoms with Gasteiger partial charge in [0.05, 0.1) is 0 Å². The Kier molecular flexibility index (Phi) is 2.71. The molecule has 2 rings (SSSR count). The van der Waals surface area contributed by atoms with E-state index < -0.39 is 0 Å². The van der Waals surface area contributed by atoms with Gasteiger partial charge in [0.2, 0.25) is 0 Å². The van der Waals surface area contributed by atoms with Crippen LogP contribution < -0.4 is 0 Å². The molecular weight excluding hydrogens is 160 g/mol. The van der Waals surface area contributed by atoms with Gasteiger partial charge in [-0.1, -0.05) is 32.1 Å². The van der Waals surface area contributed by atoms with Crippen LogP contribution in [-0.4, -0.2) is 5.78 Å². The quantitative estimate of drug-likeness (QED) is 0.558. The molecule has 0 aromatic rings. The summed E-state index contributed by atoms with van der Waals surface area (Å²) in [6.07, 6.45) is 12.2. The molecular formula is C12H20O. The molecule has 0 radical (unpaired) electrons. The minimum Gasteiger partial charge on any atom is -0.299 e. The highest BCUT2D eigenvalue weighted by Gasteiger charge is 2.39. The first-order chi connectivity index (χ1) is 6.33. The van der Waals surface area contributed by atoms with Crippen LogP contribution in [0.2, 0.25) is 0 Å². The van der Waals surface area contributed by atoms with Crippen LogP contribution >= 0.6 is 0 Å². The van der Waals surface area contributed by atoms with Gasteiger partial charge in [-0.15, -0.1) is 0 Å². The third-order valence-corrected chi connectivity index (χ3v) is 3.96. The number of hydrogen-bond acceptors (Lipinski definition) is 1. The molecule has 1 nitrogen and oxygen atoms in total. The van der Waals surface area contributed by atoms with E-state index in [-0.39, 0.29) is 5.41 Å². The SMILES string of the molecule is O=C1CCCCC12CCCCCC2. The summed E-state index contributed by atoms with van der Waals surface area (Å²) in [7, 11) is 0. The van der Waals surface area contributed by atoms with E-state index in [0.717, 1.165) is 12.8 Å². The fourth-order valence-electron chi connectivity index (χ4n) is 3.09. The number of Topliss-reactive ketones (excluding diaryl/α,β-unsaturated/α-hetero) is 1. The zero-order valence-corrected chi connectivity index (χ0v) is 8.48. The summed E-state index contributed by atoms with van der Waals surface area (Å²) in [5, 5.41) is 0. The minimum atomic E-state index is 0.161. The molecule has 74 valence electrons. The molecule has 13 heavy (non-hydrogen) atoms. The molecule has 2 saturated carbocycles. The predicted octanol–water partition coefficient (Wildman–Crippen LogP) is 3.47. The standard InChI is InChI=1S/C12H20O/c13-11-7-3-6-10-12(11)8-4-1-2-5-9-12/h1-10H2. The van der Waals surface area contributed by atoms with E-state index in [4.69, 9.17) is 0 Å². The lowest BCUT2D eigenvalue weighted by Crippen LogP contribution is -2.33. The highest BCUT2D eigenvalue weighted by Crippen LogP contribution is 2.43. The molecule has 0 N–H and O–H groups in total. The molecule has 2 fully saturated rings. The first-order valence-electron chi connectivity index (χ1n) is 5.87. The molecule has 0 amide bonds. The van der Waals surface area contributed by atoms with Crippen molar-refractivity contribution in [2.75, 3.05) is 0 Å². The monoisotopic (exact) mass is 180 g/mol. The summed E-state index contributed by atoms with van der Waals surface area (Å²) >= 11 is 0. The number of rotatable bonds is 0. The molecule has 0 bridgehead atoms. The second-order valence-corrected chi connectivity index (χ2v) is 4.82. The Morgan fingerprint density at radius 1 is 0.769 bits per heavy atom. The topological polar surface area (TPSA) is 17.1 Å². The maximum atomic E-state index is 11.9. The van der Waals surface area contributed by atoms with E-state index in [1.54, 1.807) is 0 Å². The van der Waals surface area contributed by atoms with Crippen molar-refractivity contribution in [3.63, 3.8) is 0 Å². The second kappa shape index (κ2) is 3.81. The van der Waals surface area contributed by atoms with Crippen molar-refractivity contribution < 1.29 is 4.79 Å². The van der Waals surface area contributed by atoms with Crippen molar-refractivity contribution in [2.45, 2.75) is 64.2 Å². The van der Waals surface area contributed by atoms with Gasteiger partial charge in [0.25, 0.3) is 0 Å². The molecule has 0 atom stereocenters. The molecule has 0 saturated heterocycles. The van der Waals surface area contributed by atoms with Crippen LogP contribution in [0.5, 0.6) is 0 Å². The van der Waals surface area contributed by atoms with Gasteiger partial charge in [-0.2, -0.15) is 0 Å². The Balaban J connectivity index is 2.09. The van der Waals surface area contributed by atoms with Crippen LogP contribution in [0.25, 0.3) is 0 Å². The molecule has 1 spiro atoms. The maximum Gasteiger partial charge on any atom is 0.139 e. The lowest BCUT2D eigenvalue weighted by atomic mass is 9.68. The first kappa shape index (κ1) is 9.23. The lowest BCUT2D eigenvalue weighted by Gasteiger charge is -2.34. The highest BCUT2D eigenvalue weighted by molar-refractivity contribution is 5.85. The third kappa shape index (κ3) is 1.79. The van der Waals surface area contributed by atoms with Crippen LogP contribution in [0.4, 0.5) is 0 Å². The molecule has 0 aromatic heterocycles. The van der Waals surface area contributed by atoms with Gasteiger partial charge in [0.15, 0.2) is 0 Å². The number of carbonyl (C=O) groups excluding carboxylic acids is 1. The summed E-state index contributed by atoms with van der Waals surface area (Å²) in [6.45, 7) is 0. The Morgan fingerprint density at radius 2 is 1.31 bits per heavy atom. The van der Waals surface area contributed by atoms with Gasteiger partial charge in [0, 0.05) is 11.8 Å². The molecule has 2 aliphatic rings. The maximum absolute atomic E-state index is 11.9. The molecule has 2 aliphatic carbocycles. The molecule has 0 aliphatic heterocycles. The summed E-state index contributed by atoms with van der Waals surface area (Å²) in [6, 6.07) is 0. The van der Waals surface area contributed by atoms with E-state index in [9.17, 15) is 4.79 Å². The highest BCUT2D eigenvalue weighted by atomic mass is 16.1. The fraction of sp³-hybridized carbons (Fsp3) is 0.917. The molecule has 0 aromatic carbocycles. The summed E-state index contributed by atoms with van der Waals surface area (Å²) in [4.78, 5) is 11.9. The van der Waals surface area contributed by atoms with E-state index >= 15 is 0 Å². The summed E-state index contributed by atoms with van der Waals surface area (Å²) < 4.78 is 0. The van der Waals surface area contributed by atoms with E-state index in [0.29, 0.717) is 5.78 Å². The Hall–Kier alpha value is -0.330. The average Bonchev–Trinajstić information content (AvgIpc) is 2.37. The number of ketones is 1. The molecule has 0 unspecified atom stereocenters. The van der Waals surface area contributed by atoms with Crippen LogP contribution in [-0.2, 0) is 4.79 Å². The third-order valence-electron chi connectivity index (χ3n) is 3.96. The van der Waals surface area contributed by atoms with Gasteiger partial charge in [0.1, 0.15) is 5.78 Å². The largest absolute Gasteiger partial charge is 0.299 e. The van der Waals surface area contributed by atoms with E-state index in [1.165, 1.54) is 51.4 Å². The van der Waals surface area contributed by atoms with Crippen molar-refractivity contribution in [3.8, 4) is 0 Å². The van der Waals surface area contributed by atoms with Crippen molar-refractivity contribution in [1.29, 1.82) is 0 Å². The van der Waals surface area contributed by atoms with E-state index in [1.807, 2.05) is 0 Å². The zero-order chi connectivity index (χ0) is 9.15.